The third-order valence-electron chi connectivity index (χ3n) is 4.97. The summed E-state index contributed by atoms with van der Waals surface area (Å²) in [6.07, 6.45) is 4.17. The lowest BCUT2D eigenvalue weighted by atomic mass is 10.1. The van der Waals surface area contributed by atoms with Gasteiger partial charge in [-0.2, -0.15) is 0 Å². The number of amides is 1. The Balaban J connectivity index is 1.40. The molecule has 2 saturated heterocycles. The Bertz CT molecular complexity index is 526. The summed E-state index contributed by atoms with van der Waals surface area (Å²) >= 11 is 0. The molecule has 24 heavy (non-hydrogen) atoms. The van der Waals surface area contributed by atoms with Crippen molar-refractivity contribution in [2.75, 3.05) is 32.7 Å². The summed E-state index contributed by atoms with van der Waals surface area (Å²) in [6, 6.07) is 8.55. The molecular weight excluding hydrogens is 302 g/mol. The third kappa shape index (κ3) is 5.30. The molecular formula is C19H29N3O2. The van der Waals surface area contributed by atoms with Crippen molar-refractivity contribution in [1.82, 2.24) is 15.1 Å². The van der Waals surface area contributed by atoms with E-state index in [1.165, 1.54) is 31.5 Å². The molecule has 1 aromatic rings. The third-order valence-corrected chi connectivity index (χ3v) is 4.97. The largest absolute Gasteiger partial charge is 0.392 e. The number of carbonyl (C=O) groups excluding carboxylic acids is 1. The van der Waals surface area contributed by atoms with Gasteiger partial charge in [-0.25, -0.2) is 0 Å². The molecule has 0 spiro atoms. The van der Waals surface area contributed by atoms with Gasteiger partial charge in [0.25, 0.3) is 0 Å². The van der Waals surface area contributed by atoms with E-state index in [4.69, 9.17) is 0 Å². The number of likely N-dealkylation sites (tertiary alicyclic amines) is 2. The number of hydrogen-bond acceptors (Lipinski definition) is 4. The van der Waals surface area contributed by atoms with Crippen LogP contribution in [0.4, 0.5) is 0 Å². The fourth-order valence-electron chi connectivity index (χ4n) is 3.60. The molecule has 1 atom stereocenters. The van der Waals surface area contributed by atoms with E-state index in [1.807, 2.05) is 4.90 Å². The molecule has 0 aliphatic carbocycles. The zero-order valence-electron chi connectivity index (χ0n) is 14.4. The van der Waals surface area contributed by atoms with E-state index in [1.54, 1.807) is 0 Å². The van der Waals surface area contributed by atoms with E-state index in [2.05, 4.69) is 34.5 Å². The molecule has 0 saturated carbocycles. The summed E-state index contributed by atoms with van der Waals surface area (Å²) < 4.78 is 0. The van der Waals surface area contributed by atoms with Gasteiger partial charge in [-0.05, 0) is 56.4 Å². The van der Waals surface area contributed by atoms with Crippen molar-refractivity contribution in [2.45, 2.75) is 44.9 Å². The van der Waals surface area contributed by atoms with Gasteiger partial charge in [0.05, 0.1) is 12.6 Å². The minimum Gasteiger partial charge on any atom is -0.392 e. The predicted molar refractivity (Wildman–Crippen MR) is 94.5 cm³/mol. The summed E-state index contributed by atoms with van der Waals surface area (Å²) in [7, 11) is 0. The van der Waals surface area contributed by atoms with Gasteiger partial charge in [-0.15, -0.1) is 0 Å². The first-order chi connectivity index (χ1) is 11.7. The molecule has 3 rings (SSSR count). The maximum absolute atomic E-state index is 12.0. The van der Waals surface area contributed by atoms with Gasteiger partial charge in [-0.1, -0.05) is 24.3 Å². The zero-order valence-corrected chi connectivity index (χ0v) is 14.4. The van der Waals surface area contributed by atoms with E-state index < -0.39 is 0 Å². The SMILES string of the molecule is O=C(CN1CCCC(O)C1)NCc1ccc(CN2CCCC2)cc1. The van der Waals surface area contributed by atoms with Gasteiger partial charge in [0, 0.05) is 19.6 Å². The minimum atomic E-state index is -0.283. The molecule has 0 radical (unpaired) electrons. The molecule has 1 amide bonds. The van der Waals surface area contributed by atoms with Crippen LogP contribution >= 0.6 is 0 Å². The number of β-amino-alcohol motifs (C(OH)–C–C–N with tert-alkyl or cyclic N) is 1. The van der Waals surface area contributed by atoms with Gasteiger partial charge in [0.15, 0.2) is 0 Å². The van der Waals surface area contributed by atoms with E-state index >= 15 is 0 Å². The first kappa shape index (κ1) is 17.4. The van der Waals surface area contributed by atoms with Crippen LogP contribution in [0.3, 0.4) is 0 Å². The summed E-state index contributed by atoms with van der Waals surface area (Å²) in [5.74, 6) is 0.0326. The molecule has 5 heteroatoms. The average molecular weight is 331 g/mol. The molecule has 5 nitrogen and oxygen atoms in total. The van der Waals surface area contributed by atoms with Crippen LogP contribution in [0.15, 0.2) is 24.3 Å². The number of carbonyl (C=O) groups is 1. The smallest absolute Gasteiger partial charge is 0.234 e. The first-order valence-electron chi connectivity index (χ1n) is 9.16. The zero-order chi connectivity index (χ0) is 16.8. The second kappa shape index (κ2) is 8.60. The molecule has 132 valence electrons. The van der Waals surface area contributed by atoms with Gasteiger partial charge in [0.1, 0.15) is 0 Å². The first-order valence-corrected chi connectivity index (χ1v) is 9.16. The fraction of sp³-hybridized carbons (Fsp3) is 0.632. The number of benzene rings is 1. The van der Waals surface area contributed by atoms with Gasteiger partial charge >= 0.3 is 0 Å². The summed E-state index contributed by atoms with van der Waals surface area (Å²) in [4.78, 5) is 16.6. The molecule has 2 heterocycles. The lowest BCUT2D eigenvalue weighted by molar-refractivity contribution is -0.123. The van der Waals surface area contributed by atoms with Gasteiger partial charge in [0.2, 0.25) is 5.91 Å². The number of aliphatic hydroxyl groups excluding tert-OH is 1. The van der Waals surface area contributed by atoms with Crippen LogP contribution < -0.4 is 5.32 Å². The van der Waals surface area contributed by atoms with Crippen LogP contribution in [0.2, 0.25) is 0 Å². The van der Waals surface area contributed by atoms with Gasteiger partial charge in [-0.3, -0.25) is 14.6 Å². The van der Waals surface area contributed by atoms with Crippen molar-refractivity contribution >= 4 is 5.91 Å². The number of aliphatic hydroxyl groups is 1. The second-order valence-corrected chi connectivity index (χ2v) is 7.11. The molecule has 1 unspecified atom stereocenters. The monoisotopic (exact) mass is 331 g/mol. The Labute approximate surface area is 144 Å². The number of piperidine rings is 1. The van der Waals surface area contributed by atoms with Crippen LogP contribution in [-0.4, -0.2) is 59.6 Å². The van der Waals surface area contributed by atoms with Crippen molar-refractivity contribution in [2.24, 2.45) is 0 Å². The Morgan fingerprint density at radius 2 is 1.71 bits per heavy atom. The second-order valence-electron chi connectivity index (χ2n) is 7.11. The summed E-state index contributed by atoms with van der Waals surface area (Å²) in [6.45, 7) is 5.91. The highest BCUT2D eigenvalue weighted by Gasteiger charge is 2.19. The maximum atomic E-state index is 12.0. The molecule has 2 aliphatic rings. The Kier molecular flexibility index (Phi) is 6.24. The molecule has 2 N–H and O–H groups in total. The summed E-state index contributed by atoms with van der Waals surface area (Å²) in [5.41, 5.74) is 2.47. The summed E-state index contributed by atoms with van der Waals surface area (Å²) in [5, 5.41) is 12.6. The predicted octanol–water partition coefficient (Wildman–Crippen LogP) is 1.36. The van der Waals surface area contributed by atoms with E-state index in [0.717, 1.165) is 31.5 Å². The Morgan fingerprint density at radius 1 is 1.04 bits per heavy atom. The lowest BCUT2D eigenvalue weighted by Gasteiger charge is -2.29. The standard InChI is InChI=1S/C19H29N3O2/c23-18-4-3-11-22(14-18)15-19(24)20-12-16-5-7-17(8-6-16)13-21-9-1-2-10-21/h5-8,18,23H,1-4,9-15H2,(H,20,24). The van der Waals surface area contributed by atoms with Crippen LogP contribution in [-0.2, 0) is 17.9 Å². The van der Waals surface area contributed by atoms with Crippen molar-refractivity contribution in [1.29, 1.82) is 0 Å². The highest BCUT2D eigenvalue weighted by molar-refractivity contribution is 5.78. The average Bonchev–Trinajstić information content (AvgIpc) is 3.07. The Hall–Kier alpha value is -1.43. The number of nitrogens with zero attached hydrogens (tertiary/aromatic N) is 2. The highest BCUT2D eigenvalue weighted by atomic mass is 16.3. The minimum absolute atomic E-state index is 0.0326. The van der Waals surface area contributed by atoms with E-state index in [-0.39, 0.29) is 12.0 Å². The molecule has 0 aromatic heterocycles. The van der Waals surface area contributed by atoms with Crippen LogP contribution in [0.5, 0.6) is 0 Å². The van der Waals surface area contributed by atoms with Crippen molar-refractivity contribution in [3.8, 4) is 0 Å². The van der Waals surface area contributed by atoms with Crippen molar-refractivity contribution < 1.29 is 9.90 Å². The van der Waals surface area contributed by atoms with Gasteiger partial charge < -0.3 is 10.4 Å². The van der Waals surface area contributed by atoms with E-state index in [0.29, 0.717) is 19.6 Å². The fourth-order valence-corrected chi connectivity index (χ4v) is 3.60. The quantitative estimate of drug-likeness (QED) is 0.826. The normalized spacial score (nSPS) is 22.6. The molecule has 2 fully saturated rings. The van der Waals surface area contributed by atoms with E-state index in [9.17, 15) is 9.90 Å². The maximum Gasteiger partial charge on any atom is 0.234 e. The van der Waals surface area contributed by atoms with Crippen LogP contribution in [0.25, 0.3) is 0 Å². The number of hydrogen-bond donors (Lipinski definition) is 2. The Morgan fingerprint density at radius 3 is 2.42 bits per heavy atom. The van der Waals surface area contributed by atoms with Crippen molar-refractivity contribution in [3.05, 3.63) is 35.4 Å². The molecule has 0 bridgehead atoms. The molecule has 2 aliphatic heterocycles. The van der Waals surface area contributed by atoms with Crippen molar-refractivity contribution in [3.63, 3.8) is 0 Å². The molecule has 1 aromatic carbocycles. The highest BCUT2D eigenvalue weighted by Crippen LogP contribution is 2.13. The van der Waals surface area contributed by atoms with Crippen LogP contribution in [0.1, 0.15) is 36.8 Å². The van der Waals surface area contributed by atoms with Crippen LogP contribution in [0, 0.1) is 0 Å². The number of nitrogens with one attached hydrogen (secondary N) is 1. The number of rotatable bonds is 6. The topological polar surface area (TPSA) is 55.8 Å². The lowest BCUT2D eigenvalue weighted by Crippen LogP contribution is -2.44.